The summed E-state index contributed by atoms with van der Waals surface area (Å²) in [5.41, 5.74) is -0.731. The van der Waals surface area contributed by atoms with Crippen LogP contribution in [0.5, 0.6) is 0 Å². The Labute approximate surface area is 92.7 Å². The maximum atomic E-state index is 13.2. The lowest BCUT2D eigenvalue weighted by atomic mass is 10.1. The number of halogens is 5. The molecule has 0 aliphatic carbocycles. The molecule has 1 aromatic rings. The monoisotopic (exact) mass is 282 g/mol. The highest BCUT2D eigenvalue weighted by molar-refractivity contribution is 9.11. The van der Waals surface area contributed by atoms with Crippen molar-refractivity contribution >= 4 is 15.9 Å². The Balaban J connectivity index is 2.98. The molecule has 0 heterocycles. The van der Waals surface area contributed by atoms with Gasteiger partial charge in [-0.1, -0.05) is 28.1 Å². The molecule has 1 aromatic carbocycles. The van der Waals surface area contributed by atoms with E-state index in [1.165, 1.54) is 4.99 Å². The summed E-state index contributed by atoms with van der Waals surface area (Å²) in [6.07, 6.45) is -2.63. The van der Waals surface area contributed by atoms with Gasteiger partial charge in [-0.25, -0.2) is 4.39 Å². The summed E-state index contributed by atoms with van der Waals surface area (Å²) in [6.45, 7) is 0. The fourth-order valence-electron chi connectivity index (χ4n) is 1.06. The molecule has 82 valence electrons. The summed E-state index contributed by atoms with van der Waals surface area (Å²) in [5.74, 6) is -0.838. The summed E-state index contributed by atoms with van der Waals surface area (Å²) < 4.78 is 49.6. The van der Waals surface area contributed by atoms with Crippen molar-refractivity contribution in [3.05, 3.63) is 46.2 Å². The van der Waals surface area contributed by atoms with Gasteiger partial charge >= 0.3 is 6.18 Å². The molecule has 0 spiro atoms. The molecule has 0 amide bonds. The van der Waals surface area contributed by atoms with Crippen LogP contribution in [0.15, 0.2) is 29.3 Å². The smallest absolute Gasteiger partial charge is 0.207 e. The average molecular weight is 283 g/mol. The lowest BCUT2D eigenvalue weighted by Crippen LogP contribution is -2.06. The number of benzene rings is 1. The summed E-state index contributed by atoms with van der Waals surface area (Å²) >= 11 is 2.99. The topological polar surface area (TPSA) is 0 Å². The second-order valence-electron chi connectivity index (χ2n) is 2.87. The molecule has 0 radical (unpaired) electrons. The quantitative estimate of drug-likeness (QED) is 0.710. The third-order valence-electron chi connectivity index (χ3n) is 1.81. The number of rotatable bonds is 2. The molecule has 0 aliphatic rings. The maximum absolute atomic E-state index is 13.2. The second kappa shape index (κ2) is 4.79. The summed E-state index contributed by atoms with van der Waals surface area (Å²) in [5, 5.41) is 0. The highest BCUT2D eigenvalue weighted by atomic mass is 79.9. The molecule has 0 atom stereocenters. The van der Waals surface area contributed by atoms with E-state index in [0.29, 0.717) is 6.07 Å². The molecule has 0 unspecified atom stereocenters. The van der Waals surface area contributed by atoms with Crippen LogP contribution in [0.3, 0.4) is 0 Å². The van der Waals surface area contributed by atoms with Gasteiger partial charge in [0.25, 0.3) is 0 Å². The fraction of sp³-hybridized carbons (Fsp3) is 0.200. The predicted molar refractivity (Wildman–Crippen MR) is 53.2 cm³/mol. The molecular weight excluding hydrogens is 276 g/mol. The Hall–Kier alpha value is -0.840. The van der Waals surface area contributed by atoms with Gasteiger partial charge < -0.3 is 0 Å². The standard InChI is InChI=1S/C10H7BrF4/c11-5-1-2-7-3-4-8(6-9(7)12)10(13,14)15/h1,3-6H,2H2/b5-1+. The van der Waals surface area contributed by atoms with E-state index in [9.17, 15) is 17.6 Å². The van der Waals surface area contributed by atoms with Gasteiger partial charge in [0.15, 0.2) is 0 Å². The zero-order chi connectivity index (χ0) is 11.5. The van der Waals surface area contributed by atoms with Crippen molar-refractivity contribution in [1.82, 2.24) is 0 Å². The fourth-order valence-corrected chi connectivity index (χ4v) is 1.25. The lowest BCUT2D eigenvalue weighted by Gasteiger charge is -2.07. The van der Waals surface area contributed by atoms with Gasteiger partial charge in [-0.2, -0.15) is 13.2 Å². The van der Waals surface area contributed by atoms with Gasteiger partial charge in [-0.3, -0.25) is 0 Å². The minimum absolute atomic E-state index is 0.235. The Morgan fingerprint density at radius 2 is 1.93 bits per heavy atom. The maximum Gasteiger partial charge on any atom is 0.416 e. The Kier molecular flexibility index (Phi) is 3.90. The van der Waals surface area contributed by atoms with Gasteiger partial charge in [0.1, 0.15) is 5.82 Å². The molecule has 0 saturated carbocycles. The third-order valence-corrected chi connectivity index (χ3v) is 2.18. The molecule has 0 aliphatic heterocycles. The Morgan fingerprint density at radius 3 is 2.40 bits per heavy atom. The van der Waals surface area contributed by atoms with Gasteiger partial charge in [0.2, 0.25) is 0 Å². The van der Waals surface area contributed by atoms with E-state index in [1.807, 2.05) is 0 Å². The molecule has 0 bridgehead atoms. The zero-order valence-corrected chi connectivity index (χ0v) is 9.07. The molecule has 0 nitrogen and oxygen atoms in total. The number of hydrogen-bond donors (Lipinski definition) is 0. The normalized spacial score (nSPS) is 12.3. The minimum atomic E-state index is -4.50. The lowest BCUT2D eigenvalue weighted by molar-refractivity contribution is -0.137. The van der Waals surface area contributed by atoms with E-state index >= 15 is 0 Å². The second-order valence-corrected chi connectivity index (χ2v) is 3.40. The first-order valence-corrected chi connectivity index (χ1v) is 4.97. The van der Waals surface area contributed by atoms with E-state index in [-0.39, 0.29) is 12.0 Å². The van der Waals surface area contributed by atoms with Gasteiger partial charge in [0.05, 0.1) is 5.56 Å². The molecular formula is C10H7BrF4. The SMILES string of the molecule is Fc1cc(C(F)(F)F)ccc1C/C=C/Br. The van der Waals surface area contributed by atoms with Crippen LogP contribution < -0.4 is 0 Å². The van der Waals surface area contributed by atoms with Crippen LogP contribution in [0.1, 0.15) is 11.1 Å². The average Bonchev–Trinajstić information content (AvgIpc) is 2.14. The first-order chi connectivity index (χ1) is 6.95. The number of allylic oxidation sites excluding steroid dienone is 1. The van der Waals surface area contributed by atoms with Crippen LogP contribution >= 0.6 is 15.9 Å². The van der Waals surface area contributed by atoms with Gasteiger partial charge in [-0.15, -0.1) is 0 Å². The van der Waals surface area contributed by atoms with Crippen LogP contribution in [0.2, 0.25) is 0 Å². The zero-order valence-electron chi connectivity index (χ0n) is 7.48. The van der Waals surface area contributed by atoms with E-state index in [1.54, 1.807) is 6.08 Å². The van der Waals surface area contributed by atoms with E-state index < -0.39 is 17.6 Å². The Morgan fingerprint density at radius 1 is 1.27 bits per heavy atom. The van der Waals surface area contributed by atoms with E-state index in [4.69, 9.17) is 0 Å². The van der Waals surface area contributed by atoms with E-state index in [2.05, 4.69) is 15.9 Å². The predicted octanol–water partition coefficient (Wildman–Crippen LogP) is 4.30. The Bertz CT molecular complexity index is 368. The summed E-state index contributed by atoms with van der Waals surface area (Å²) in [4.78, 5) is 1.53. The van der Waals surface area contributed by atoms with Crippen molar-refractivity contribution in [3.63, 3.8) is 0 Å². The van der Waals surface area contributed by atoms with Crippen molar-refractivity contribution in [2.24, 2.45) is 0 Å². The van der Waals surface area contributed by atoms with Crippen molar-refractivity contribution in [3.8, 4) is 0 Å². The van der Waals surface area contributed by atoms with Crippen LogP contribution in [-0.2, 0) is 12.6 Å². The van der Waals surface area contributed by atoms with Crippen LogP contribution in [0.25, 0.3) is 0 Å². The first-order valence-electron chi connectivity index (χ1n) is 4.06. The molecule has 0 saturated heterocycles. The molecule has 1 rings (SSSR count). The molecule has 0 aromatic heterocycles. The van der Waals surface area contributed by atoms with Gasteiger partial charge in [0, 0.05) is 0 Å². The van der Waals surface area contributed by atoms with Crippen molar-refractivity contribution < 1.29 is 17.6 Å². The molecule has 0 N–H and O–H groups in total. The first kappa shape index (κ1) is 12.2. The third kappa shape index (κ3) is 3.34. The van der Waals surface area contributed by atoms with Crippen LogP contribution in [-0.4, -0.2) is 0 Å². The van der Waals surface area contributed by atoms with Crippen molar-refractivity contribution in [1.29, 1.82) is 0 Å². The number of alkyl halides is 3. The molecule has 0 fully saturated rings. The number of hydrogen-bond acceptors (Lipinski definition) is 0. The summed E-state index contributed by atoms with van der Waals surface area (Å²) in [7, 11) is 0. The largest absolute Gasteiger partial charge is 0.416 e. The van der Waals surface area contributed by atoms with Crippen LogP contribution in [0.4, 0.5) is 17.6 Å². The minimum Gasteiger partial charge on any atom is -0.207 e. The van der Waals surface area contributed by atoms with Gasteiger partial charge in [-0.05, 0) is 29.1 Å². The van der Waals surface area contributed by atoms with Crippen LogP contribution in [0, 0.1) is 5.82 Å². The highest BCUT2D eigenvalue weighted by Gasteiger charge is 2.30. The molecule has 15 heavy (non-hydrogen) atoms. The molecule has 5 heteroatoms. The summed E-state index contributed by atoms with van der Waals surface area (Å²) in [6, 6.07) is 2.53. The van der Waals surface area contributed by atoms with Crippen molar-refractivity contribution in [2.45, 2.75) is 12.6 Å². The highest BCUT2D eigenvalue weighted by Crippen LogP contribution is 2.30. The van der Waals surface area contributed by atoms with Crippen molar-refractivity contribution in [2.75, 3.05) is 0 Å². The van der Waals surface area contributed by atoms with E-state index in [0.717, 1.165) is 12.1 Å².